The Morgan fingerprint density at radius 3 is 2.26 bits per heavy atom. The van der Waals surface area contributed by atoms with Crippen molar-refractivity contribution >= 4 is 11.9 Å². The Morgan fingerprint density at radius 2 is 1.70 bits per heavy atom. The van der Waals surface area contributed by atoms with Crippen LogP contribution in [0.5, 0.6) is 5.75 Å². The first-order valence-corrected chi connectivity index (χ1v) is 8.24. The molecule has 0 aromatic heterocycles. The van der Waals surface area contributed by atoms with Crippen LogP contribution in [0.4, 0.5) is 0 Å². The van der Waals surface area contributed by atoms with E-state index in [1.165, 1.54) is 0 Å². The molecule has 0 spiro atoms. The Morgan fingerprint density at radius 1 is 1.09 bits per heavy atom. The Bertz CT molecular complexity index is 532. The summed E-state index contributed by atoms with van der Waals surface area (Å²) in [6, 6.07) is 6.94. The van der Waals surface area contributed by atoms with Gasteiger partial charge in [-0.1, -0.05) is 12.8 Å². The van der Waals surface area contributed by atoms with Crippen LogP contribution in [0, 0.1) is 0 Å². The van der Waals surface area contributed by atoms with E-state index in [4.69, 9.17) is 9.47 Å². The summed E-state index contributed by atoms with van der Waals surface area (Å²) in [5.74, 6) is -0.0382. The van der Waals surface area contributed by atoms with Crippen LogP contribution >= 0.6 is 0 Å². The minimum Gasteiger partial charge on any atom is -0.491 e. The lowest BCUT2D eigenvalue weighted by Gasteiger charge is -2.17. The third kappa shape index (κ3) is 5.27. The summed E-state index contributed by atoms with van der Waals surface area (Å²) in [5.41, 5.74) is 0.404. The first kappa shape index (κ1) is 17.3. The minimum absolute atomic E-state index is 0.0760. The molecule has 1 amide bonds. The fraction of sp³-hybridized carbons (Fsp3) is 0.556. The van der Waals surface area contributed by atoms with Gasteiger partial charge in [0.05, 0.1) is 11.7 Å². The molecule has 2 rings (SSSR count). The molecule has 1 N–H and O–H groups in total. The predicted molar refractivity (Wildman–Crippen MR) is 87.5 cm³/mol. The molecule has 23 heavy (non-hydrogen) atoms. The van der Waals surface area contributed by atoms with Crippen LogP contribution < -0.4 is 10.1 Å². The van der Waals surface area contributed by atoms with Gasteiger partial charge in [0.15, 0.2) is 6.10 Å². The molecule has 0 aliphatic heterocycles. The highest BCUT2D eigenvalue weighted by atomic mass is 16.5. The third-order valence-electron chi connectivity index (χ3n) is 3.82. The number of carbonyl (C=O) groups is 2. The van der Waals surface area contributed by atoms with Crippen molar-refractivity contribution in [3.05, 3.63) is 29.8 Å². The molecule has 1 aromatic rings. The van der Waals surface area contributed by atoms with Gasteiger partial charge in [-0.3, -0.25) is 4.79 Å². The average Bonchev–Trinajstić information content (AvgIpc) is 3.00. The average molecular weight is 319 g/mol. The van der Waals surface area contributed by atoms with Gasteiger partial charge in [-0.2, -0.15) is 0 Å². The maximum atomic E-state index is 12.1. The molecule has 5 nitrogen and oxygen atoms in total. The van der Waals surface area contributed by atoms with Gasteiger partial charge >= 0.3 is 5.97 Å². The third-order valence-corrected chi connectivity index (χ3v) is 3.82. The molecule has 0 bridgehead atoms. The van der Waals surface area contributed by atoms with Crippen molar-refractivity contribution in [2.45, 2.75) is 64.7 Å². The van der Waals surface area contributed by atoms with E-state index in [0.29, 0.717) is 11.3 Å². The lowest BCUT2D eigenvalue weighted by molar-refractivity contribution is -0.129. The van der Waals surface area contributed by atoms with E-state index in [-0.39, 0.29) is 18.1 Å². The van der Waals surface area contributed by atoms with E-state index in [0.717, 1.165) is 25.7 Å². The number of benzene rings is 1. The van der Waals surface area contributed by atoms with E-state index < -0.39 is 12.1 Å². The van der Waals surface area contributed by atoms with Gasteiger partial charge in [-0.15, -0.1) is 0 Å². The summed E-state index contributed by atoms with van der Waals surface area (Å²) in [6.45, 7) is 5.47. The Hall–Kier alpha value is -2.04. The van der Waals surface area contributed by atoms with E-state index in [9.17, 15) is 9.59 Å². The number of hydrogen-bond donors (Lipinski definition) is 1. The first-order valence-electron chi connectivity index (χ1n) is 8.24. The second-order valence-electron chi connectivity index (χ2n) is 6.23. The van der Waals surface area contributed by atoms with E-state index >= 15 is 0 Å². The van der Waals surface area contributed by atoms with Crippen molar-refractivity contribution in [2.75, 3.05) is 0 Å². The van der Waals surface area contributed by atoms with Crippen molar-refractivity contribution in [3.63, 3.8) is 0 Å². The number of carbonyl (C=O) groups excluding carboxylic acids is 2. The normalized spacial score (nSPS) is 16.2. The summed E-state index contributed by atoms with van der Waals surface area (Å²) in [6.07, 6.45) is 3.57. The number of hydrogen-bond acceptors (Lipinski definition) is 4. The lowest BCUT2D eigenvalue weighted by atomic mass is 10.2. The molecule has 1 aliphatic carbocycles. The van der Waals surface area contributed by atoms with Gasteiger partial charge in [0.1, 0.15) is 5.75 Å². The maximum Gasteiger partial charge on any atom is 0.338 e. The van der Waals surface area contributed by atoms with Crippen LogP contribution in [-0.2, 0) is 9.53 Å². The van der Waals surface area contributed by atoms with Crippen LogP contribution in [0.1, 0.15) is 56.8 Å². The largest absolute Gasteiger partial charge is 0.491 e. The van der Waals surface area contributed by atoms with Crippen molar-refractivity contribution in [1.82, 2.24) is 5.32 Å². The molecule has 5 heteroatoms. The van der Waals surface area contributed by atoms with Crippen molar-refractivity contribution < 1.29 is 19.1 Å². The van der Waals surface area contributed by atoms with Crippen LogP contribution in [0.25, 0.3) is 0 Å². The molecule has 126 valence electrons. The highest BCUT2D eigenvalue weighted by Gasteiger charge is 2.23. The van der Waals surface area contributed by atoms with Crippen molar-refractivity contribution in [3.8, 4) is 5.75 Å². The topological polar surface area (TPSA) is 64.6 Å². The monoisotopic (exact) mass is 319 g/mol. The van der Waals surface area contributed by atoms with Crippen LogP contribution in [-0.4, -0.2) is 30.1 Å². The number of esters is 1. The standard InChI is InChI=1S/C18H25NO4/c1-12(2)22-16-10-8-14(9-11-16)18(21)23-13(3)17(20)19-15-6-4-5-7-15/h8-13,15H,4-7H2,1-3H3,(H,19,20)/t13-/m1/s1. The number of nitrogens with one attached hydrogen (secondary N) is 1. The highest BCUT2D eigenvalue weighted by molar-refractivity contribution is 5.92. The highest BCUT2D eigenvalue weighted by Crippen LogP contribution is 2.18. The molecular formula is C18H25NO4. The Balaban J connectivity index is 1.86. The number of ether oxygens (including phenoxy) is 2. The van der Waals surface area contributed by atoms with Gasteiger partial charge in [0.2, 0.25) is 0 Å². The molecule has 1 aliphatic rings. The maximum absolute atomic E-state index is 12.1. The zero-order valence-electron chi connectivity index (χ0n) is 14.0. The summed E-state index contributed by atoms with van der Waals surface area (Å²) >= 11 is 0. The SMILES string of the molecule is CC(C)Oc1ccc(C(=O)O[C@H](C)C(=O)NC2CCCC2)cc1. The number of amides is 1. The zero-order valence-corrected chi connectivity index (χ0v) is 14.0. The predicted octanol–water partition coefficient (Wildman–Crippen LogP) is 3.08. The van der Waals surface area contributed by atoms with Crippen molar-refractivity contribution in [2.24, 2.45) is 0 Å². The number of rotatable bonds is 6. The fourth-order valence-corrected chi connectivity index (χ4v) is 2.61. The van der Waals surface area contributed by atoms with Gasteiger partial charge in [-0.25, -0.2) is 4.79 Å². The molecule has 0 radical (unpaired) electrons. The smallest absolute Gasteiger partial charge is 0.338 e. The molecule has 1 fully saturated rings. The minimum atomic E-state index is -0.797. The van der Waals surface area contributed by atoms with E-state index in [2.05, 4.69) is 5.32 Å². The molecule has 0 unspecified atom stereocenters. The Labute approximate surface area is 137 Å². The molecular weight excluding hydrogens is 294 g/mol. The van der Waals surface area contributed by atoms with Crippen molar-refractivity contribution in [1.29, 1.82) is 0 Å². The second-order valence-corrected chi connectivity index (χ2v) is 6.23. The van der Waals surface area contributed by atoms with Crippen LogP contribution in [0.15, 0.2) is 24.3 Å². The molecule has 1 aromatic carbocycles. The summed E-state index contributed by atoms with van der Waals surface area (Å²) in [5, 5.41) is 2.93. The van der Waals surface area contributed by atoms with Crippen LogP contribution in [0.2, 0.25) is 0 Å². The molecule has 0 heterocycles. The van der Waals surface area contributed by atoms with Crippen LogP contribution in [0.3, 0.4) is 0 Å². The Kier molecular flexibility index (Phi) is 6.02. The quantitative estimate of drug-likeness (QED) is 0.818. The second kappa shape index (κ2) is 7.99. The van der Waals surface area contributed by atoms with Gasteiger partial charge < -0.3 is 14.8 Å². The van der Waals surface area contributed by atoms with Gasteiger partial charge in [0, 0.05) is 6.04 Å². The van der Waals surface area contributed by atoms with Gasteiger partial charge in [0.25, 0.3) is 5.91 Å². The molecule has 0 saturated heterocycles. The first-order chi connectivity index (χ1) is 11.0. The zero-order chi connectivity index (χ0) is 16.8. The fourth-order valence-electron chi connectivity index (χ4n) is 2.61. The van der Waals surface area contributed by atoms with E-state index in [1.54, 1.807) is 31.2 Å². The summed E-state index contributed by atoms with van der Waals surface area (Å²) in [7, 11) is 0. The van der Waals surface area contributed by atoms with Gasteiger partial charge in [-0.05, 0) is 57.9 Å². The molecule has 1 atom stereocenters. The molecule has 1 saturated carbocycles. The van der Waals surface area contributed by atoms with E-state index in [1.807, 2.05) is 13.8 Å². The summed E-state index contributed by atoms with van der Waals surface area (Å²) in [4.78, 5) is 24.1. The summed E-state index contributed by atoms with van der Waals surface area (Å²) < 4.78 is 10.8. The lowest BCUT2D eigenvalue weighted by Crippen LogP contribution is -2.40.